The van der Waals surface area contributed by atoms with Gasteiger partial charge in [0.05, 0.1) is 6.20 Å². The lowest BCUT2D eigenvalue weighted by Gasteiger charge is -2.03. The molecule has 0 saturated carbocycles. The fraction of sp³-hybridized carbons (Fsp3) is 0.438. The SMILES string of the molecule is CCCNCCc1ncc(-c2cc(C)ccc2C)o1. The molecule has 3 nitrogen and oxygen atoms in total. The predicted molar refractivity (Wildman–Crippen MR) is 78.3 cm³/mol. The third-order valence-electron chi connectivity index (χ3n) is 3.15. The molecule has 0 spiro atoms. The summed E-state index contributed by atoms with van der Waals surface area (Å²) >= 11 is 0. The van der Waals surface area contributed by atoms with Crippen LogP contribution in [0.4, 0.5) is 0 Å². The van der Waals surface area contributed by atoms with Gasteiger partial charge in [-0.05, 0) is 38.4 Å². The Morgan fingerprint density at radius 1 is 1.21 bits per heavy atom. The molecule has 1 aromatic heterocycles. The van der Waals surface area contributed by atoms with Crippen molar-refractivity contribution < 1.29 is 4.42 Å². The van der Waals surface area contributed by atoms with Gasteiger partial charge in [-0.3, -0.25) is 0 Å². The average molecular weight is 258 g/mol. The highest BCUT2D eigenvalue weighted by atomic mass is 16.4. The normalized spacial score (nSPS) is 10.9. The van der Waals surface area contributed by atoms with Gasteiger partial charge in [0.25, 0.3) is 0 Å². The molecule has 0 amide bonds. The topological polar surface area (TPSA) is 38.1 Å². The van der Waals surface area contributed by atoms with Crippen molar-refractivity contribution in [1.29, 1.82) is 0 Å². The summed E-state index contributed by atoms with van der Waals surface area (Å²) in [6.45, 7) is 8.32. The fourth-order valence-electron chi connectivity index (χ4n) is 2.05. The largest absolute Gasteiger partial charge is 0.441 e. The zero-order valence-corrected chi connectivity index (χ0v) is 12.0. The van der Waals surface area contributed by atoms with Crippen LogP contribution in [0.2, 0.25) is 0 Å². The van der Waals surface area contributed by atoms with E-state index in [0.717, 1.165) is 43.1 Å². The lowest BCUT2D eigenvalue weighted by molar-refractivity contribution is 0.494. The Kier molecular flexibility index (Phi) is 4.74. The second-order valence-electron chi connectivity index (χ2n) is 4.94. The summed E-state index contributed by atoms with van der Waals surface area (Å²) in [6.07, 6.45) is 3.82. The van der Waals surface area contributed by atoms with Gasteiger partial charge in [0.1, 0.15) is 0 Å². The number of nitrogens with one attached hydrogen (secondary N) is 1. The summed E-state index contributed by atoms with van der Waals surface area (Å²) in [5.74, 6) is 1.67. The standard InChI is InChI=1S/C16H22N2O/c1-4-8-17-9-7-16-18-11-15(19-16)14-10-12(2)5-6-13(14)3/h5-6,10-11,17H,4,7-9H2,1-3H3. The van der Waals surface area contributed by atoms with Crippen molar-refractivity contribution in [3.8, 4) is 11.3 Å². The van der Waals surface area contributed by atoms with Gasteiger partial charge in [-0.2, -0.15) is 0 Å². The number of aryl methyl sites for hydroxylation is 2. The molecule has 1 heterocycles. The van der Waals surface area contributed by atoms with E-state index >= 15 is 0 Å². The molecule has 0 bridgehead atoms. The van der Waals surface area contributed by atoms with E-state index in [2.05, 4.69) is 49.3 Å². The molecule has 2 rings (SSSR count). The highest BCUT2D eigenvalue weighted by Crippen LogP contribution is 2.25. The fourth-order valence-corrected chi connectivity index (χ4v) is 2.05. The highest BCUT2D eigenvalue weighted by molar-refractivity contribution is 5.62. The monoisotopic (exact) mass is 258 g/mol. The zero-order chi connectivity index (χ0) is 13.7. The summed E-state index contributed by atoms with van der Waals surface area (Å²) in [5.41, 5.74) is 3.60. The van der Waals surface area contributed by atoms with Crippen molar-refractivity contribution >= 4 is 0 Å². The van der Waals surface area contributed by atoms with E-state index in [1.807, 2.05) is 6.20 Å². The van der Waals surface area contributed by atoms with Crippen LogP contribution in [0.1, 0.15) is 30.4 Å². The van der Waals surface area contributed by atoms with Gasteiger partial charge in [-0.25, -0.2) is 4.98 Å². The summed E-state index contributed by atoms with van der Waals surface area (Å²) in [6, 6.07) is 6.38. The Morgan fingerprint density at radius 2 is 2.05 bits per heavy atom. The summed E-state index contributed by atoms with van der Waals surface area (Å²) in [4.78, 5) is 4.35. The molecular formula is C16H22N2O. The van der Waals surface area contributed by atoms with Gasteiger partial charge >= 0.3 is 0 Å². The van der Waals surface area contributed by atoms with Crippen molar-refractivity contribution in [2.24, 2.45) is 0 Å². The summed E-state index contributed by atoms with van der Waals surface area (Å²) in [5, 5.41) is 3.35. The summed E-state index contributed by atoms with van der Waals surface area (Å²) in [7, 11) is 0. The van der Waals surface area contributed by atoms with E-state index < -0.39 is 0 Å². The molecule has 2 aromatic rings. The van der Waals surface area contributed by atoms with E-state index in [4.69, 9.17) is 4.42 Å². The maximum absolute atomic E-state index is 5.83. The van der Waals surface area contributed by atoms with Crippen LogP contribution in [0.3, 0.4) is 0 Å². The molecule has 1 aromatic carbocycles. The minimum Gasteiger partial charge on any atom is -0.441 e. The Labute approximate surface area is 115 Å². The van der Waals surface area contributed by atoms with Crippen molar-refractivity contribution in [2.75, 3.05) is 13.1 Å². The van der Waals surface area contributed by atoms with Gasteiger partial charge < -0.3 is 9.73 Å². The Bertz CT molecular complexity index is 531. The predicted octanol–water partition coefficient (Wildman–Crippen LogP) is 3.50. The maximum atomic E-state index is 5.83. The molecule has 0 atom stereocenters. The van der Waals surface area contributed by atoms with Crippen molar-refractivity contribution in [3.05, 3.63) is 41.4 Å². The average Bonchev–Trinajstić information content (AvgIpc) is 2.86. The molecule has 102 valence electrons. The van der Waals surface area contributed by atoms with E-state index in [1.165, 1.54) is 11.1 Å². The zero-order valence-electron chi connectivity index (χ0n) is 12.0. The highest BCUT2D eigenvalue weighted by Gasteiger charge is 2.08. The van der Waals surface area contributed by atoms with E-state index in [-0.39, 0.29) is 0 Å². The number of benzene rings is 1. The lowest BCUT2D eigenvalue weighted by Crippen LogP contribution is -2.17. The van der Waals surface area contributed by atoms with Crippen LogP contribution in [0.5, 0.6) is 0 Å². The number of hydrogen-bond acceptors (Lipinski definition) is 3. The van der Waals surface area contributed by atoms with Crippen molar-refractivity contribution in [3.63, 3.8) is 0 Å². The first kappa shape index (κ1) is 13.8. The van der Waals surface area contributed by atoms with E-state index in [9.17, 15) is 0 Å². The Morgan fingerprint density at radius 3 is 2.84 bits per heavy atom. The first-order chi connectivity index (χ1) is 9.20. The van der Waals surface area contributed by atoms with E-state index in [1.54, 1.807) is 0 Å². The second kappa shape index (κ2) is 6.53. The molecule has 0 aliphatic rings. The number of oxazole rings is 1. The minimum atomic E-state index is 0.805. The number of hydrogen-bond donors (Lipinski definition) is 1. The van der Waals surface area contributed by atoms with Crippen LogP contribution in [0.25, 0.3) is 11.3 Å². The molecular weight excluding hydrogens is 236 g/mol. The minimum absolute atomic E-state index is 0.805. The van der Waals surface area contributed by atoms with Crippen LogP contribution in [0.15, 0.2) is 28.8 Å². The van der Waals surface area contributed by atoms with E-state index in [0.29, 0.717) is 0 Å². The maximum Gasteiger partial charge on any atom is 0.196 e. The molecule has 0 aliphatic heterocycles. The van der Waals surface area contributed by atoms with Crippen molar-refractivity contribution in [2.45, 2.75) is 33.6 Å². The first-order valence-corrected chi connectivity index (χ1v) is 6.93. The van der Waals surface area contributed by atoms with Crippen LogP contribution >= 0.6 is 0 Å². The molecule has 0 unspecified atom stereocenters. The summed E-state index contributed by atoms with van der Waals surface area (Å²) < 4.78 is 5.83. The second-order valence-corrected chi connectivity index (χ2v) is 4.94. The van der Waals surface area contributed by atoms with Gasteiger partial charge in [0.2, 0.25) is 0 Å². The quantitative estimate of drug-likeness (QED) is 0.806. The van der Waals surface area contributed by atoms with Gasteiger partial charge in [0.15, 0.2) is 11.7 Å². The molecule has 0 aliphatic carbocycles. The molecule has 0 radical (unpaired) electrons. The smallest absolute Gasteiger partial charge is 0.196 e. The number of nitrogens with zero attached hydrogens (tertiary/aromatic N) is 1. The Hall–Kier alpha value is -1.61. The first-order valence-electron chi connectivity index (χ1n) is 6.93. The van der Waals surface area contributed by atoms with Crippen LogP contribution in [0, 0.1) is 13.8 Å². The van der Waals surface area contributed by atoms with Gasteiger partial charge in [0, 0.05) is 18.5 Å². The Balaban J connectivity index is 2.06. The van der Waals surface area contributed by atoms with Crippen molar-refractivity contribution in [1.82, 2.24) is 10.3 Å². The number of rotatable bonds is 6. The third-order valence-corrected chi connectivity index (χ3v) is 3.15. The molecule has 1 N–H and O–H groups in total. The lowest BCUT2D eigenvalue weighted by atomic mass is 10.0. The number of aromatic nitrogens is 1. The van der Waals surface area contributed by atoms with Crippen LogP contribution in [-0.2, 0) is 6.42 Å². The van der Waals surface area contributed by atoms with Crippen LogP contribution < -0.4 is 5.32 Å². The third kappa shape index (κ3) is 3.67. The van der Waals surface area contributed by atoms with Gasteiger partial charge in [-0.15, -0.1) is 0 Å². The molecule has 3 heteroatoms. The molecule has 0 saturated heterocycles. The molecule has 19 heavy (non-hydrogen) atoms. The van der Waals surface area contributed by atoms with Gasteiger partial charge in [-0.1, -0.05) is 24.6 Å². The van der Waals surface area contributed by atoms with Crippen LogP contribution in [-0.4, -0.2) is 18.1 Å². The molecule has 0 fully saturated rings.